The van der Waals surface area contributed by atoms with E-state index in [0.717, 1.165) is 40.4 Å². The van der Waals surface area contributed by atoms with Crippen molar-refractivity contribution in [3.05, 3.63) is 64.6 Å². The number of carboxylic acid groups (broad SMARTS) is 1. The standard InChI is InChI=1S/C24H24N4O3/c1-14-10-17(15(2)27-20-4-3-7-26-23(20)24(29)30)19-12-18(16-5-8-31-9-6-16)22(13-25)28-21(19)11-14/h3-4,7,10-12,15-16,27H,5-6,8-9H2,1-2H3,(H,29,30)/t15-/m1/s1. The second-order valence-electron chi connectivity index (χ2n) is 7.92. The number of fused-ring (bicyclic) bond motifs is 1. The molecule has 0 radical (unpaired) electrons. The molecule has 1 fully saturated rings. The molecule has 0 saturated carbocycles. The van der Waals surface area contributed by atoms with Crippen LogP contribution in [0.3, 0.4) is 0 Å². The molecular formula is C24H24N4O3. The number of hydrogen-bond donors (Lipinski definition) is 2. The first kappa shape index (κ1) is 20.8. The van der Waals surface area contributed by atoms with Crippen molar-refractivity contribution < 1.29 is 14.6 Å². The Kier molecular flexibility index (Phi) is 5.83. The Labute approximate surface area is 180 Å². The number of nitriles is 1. The van der Waals surface area contributed by atoms with Gasteiger partial charge in [-0.25, -0.2) is 14.8 Å². The first-order valence-electron chi connectivity index (χ1n) is 10.4. The molecule has 1 aliphatic heterocycles. The van der Waals surface area contributed by atoms with Gasteiger partial charge in [-0.05, 0) is 73.6 Å². The molecule has 0 spiro atoms. The van der Waals surface area contributed by atoms with E-state index in [4.69, 9.17) is 4.74 Å². The zero-order valence-corrected chi connectivity index (χ0v) is 17.6. The molecule has 1 atom stereocenters. The third-order valence-corrected chi connectivity index (χ3v) is 5.76. The van der Waals surface area contributed by atoms with Gasteiger partial charge in [0.05, 0.1) is 11.2 Å². The molecule has 0 unspecified atom stereocenters. The van der Waals surface area contributed by atoms with Crippen molar-refractivity contribution in [2.75, 3.05) is 18.5 Å². The fourth-order valence-corrected chi connectivity index (χ4v) is 4.24. The van der Waals surface area contributed by atoms with Gasteiger partial charge in [-0.2, -0.15) is 5.26 Å². The van der Waals surface area contributed by atoms with E-state index < -0.39 is 5.97 Å². The minimum Gasteiger partial charge on any atom is -0.476 e. The highest BCUT2D eigenvalue weighted by Crippen LogP contribution is 2.34. The zero-order valence-electron chi connectivity index (χ0n) is 17.6. The maximum Gasteiger partial charge on any atom is 0.356 e. The lowest BCUT2D eigenvalue weighted by molar-refractivity contribution is 0.0691. The van der Waals surface area contributed by atoms with E-state index in [9.17, 15) is 15.2 Å². The Morgan fingerprint density at radius 3 is 2.81 bits per heavy atom. The fourth-order valence-electron chi connectivity index (χ4n) is 4.24. The van der Waals surface area contributed by atoms with E-state index in [1.807, 2.05) is 19.9 Å². The predicted molar refractivity (Wildman–Crippen MR) is 117 cm³/mol. The van der Waals surface area contributed by atoms with Gasteiger partial charge < -0.3 is 15.2 Å². The maximum absolute atomic E-state index is 11.5. The molecule has 3 heterocycles. The third-order valence-electron chi connectivity index (χ3n) is 5.76. The molecule has 2 N–H and O–H groups in total. The first-order chi connectivity index (χ1) is 15.0. The summed E-state index contributed by atoms with van der Waals surface area (Å²) in [5.41, 5.74) is 4.67. The van der Waals surface area contributed by atoms with E-state index >= 15 is 0 Å². The number of hydrogen-bond acceptors (Lipinski definition) is 6. The van der Waals surface area contributed by atoms with Gasteiger partial charge in [0.25, 0.3) is 0 Å². The Balaban J connectivity index is 1.80. The van der Waals surface area contributed by atoms with Gasteiger partial charge in [-0.15, -0.1) is 0 Å². The van der Waals surface area contributed by atoms with Crippen LogP contribution in [-0.2, 0) is 4.74 Å². The van der Waals surface area contributed by atoms with Crippen molar-refractivity contribution in [3.8, 4) is 6.07 Å². The van der Waals surface area contributed by atoms with Crippen LogP contribution in [0.2, 0.25) is 0 Å². The summed E-state index contributed by atoms with van der Waals surface area (Å²) in [4.78, 5) is 20.2. The summed E-state index contributed by atoms with van der Waals surface area (Å²) in [5.74, 6) is -0.832. The van der Waals surface area contributed by atoms with E-state index in [-0.39, 0.29) is 17.7 Å². The molecule has 0 amide bonds. The van der Waals surface area contributed by atoms with Crippen LogP contribution >= 0.6 is 0 Å². The summed E-state index contributed by atoms with van der Waals surface area (Å²) in [6.07, 6.45) is 3.21. The van der Waals surface area contributed by atoms with Crippen LogP contribution in [0.4, 0.5) is 5.69 Å². The first-order valence-corrected chi connectivity index (χ1v) is 10.4. The monoisotopic (exact) mass is 416 g/mol. The predicted octanol–water partition coefficient (Wildman–Crippen LogP) is 4.58. The molecule has 7 nitrogen and oxygen atoms in total. The molecule has 1 aromatic carbocycles. The largest absolute Gasteiger partial charge is 0.476 e. The van der Waals surface area contributed by atoms with Crippen LogP contribution in [0.15, 0.2) is 36.5 Å². The highest BCUT2D eigenvalue weighted by atomic mass is 16.5. The van der Waals surface area contributed by atoms with Crippen LogP contribution in [0.25, 0.3) is 10.9 Å². The number of aromatic nitrogens is 2. The molecule has 31 heavy (non-hydrogen) atoms. The molecule has 1 aliphatic rings. The van der Waals surface area contributed by atoms with Crippen molar-refractivity contribution in [1.29, 1.82) is 5.26 Å². The van der Waals surface area contributed by atoms with Crippen LogP contribution < -0.4 is 5.32 Å². The number of rotatable bonds is 5. The van der Waals surface area contributed by atoms with Crippen LogP contribution in [0.1, 0.15) is 64.6 Å². The number of aromatic carboxylic acids is 1. The Hall–Kier alpha value is -3.50. The maximum atomic E-state index is 11.5. The molecule has 3 aromatic rings. The van der Waals surface area contributed by atoms with Gasteiger partial charge >= 0.3 is 5.97 Å². The Bertz CT molecular complexity index is 1180. The number of aryl methyl sites for hydroxylation is 1. The minimum atomic E-state index is -1.08. The van der Waals surface area contributed by atoms with Gasteiger partial charge in [-0.1, -0.05) is 6.07 Å². The van der Waals surface area contributed by atoms with Crippen LogP contribution in [0, 0.1) is 18.3 Å². The summed E-state index contributed by atoms with van der Waals surface area (Å²) in [5, 5.41) is 23.4. The van der Waals surface area contributed by atoms with Gasteiger partial charge in [0.2, 0.25) is 0 Å². The lowest BCUT2D eigenvalue weighted by Gasteiger charge is -2.24. The zero-order chi connectivity index (χ0) is 22.0. The molecule has 0 bridgehead atoms. The molecule has 158 valence electrons. The molecule has 2 aromatic heterocycles. The van der Waals surface area contributed by atoms with E-state index in [1.54, 1.807) is 12.1 Å². The van der Waals surface area contributed by atoms with Crippen molar-refractivity contribution in [3.63, 3.8) is 0 Å². The summed E-state index contributed by atoms with van der Waals surface area (Å²) < 4.78 is 5.49. The van der Waals surface area contributed by atoms with E-state index in [2.05, 4.69) is 33.5 Å². The summed E-state index contributed by atoms with van der Waals surface area (Å²) in [6.45, 7) is 5.35. The van der Waals surface area contributed by atoms with E-state index in [0.29, 0.717) is 24.6 Å². The number of benzene rings is 1. The lowest BCUT2D eigenvalue weighted by atomic mass is 9.88. The van der Waals surface area contributed by atoms with Gasteiger partial charge in [-0.3, -0.25) is 0 Å². The van der Waals surface area contributed by atoms with Crippen molar-refractivity contribution in [1.82, 2.24) is 9.97 Å². The van der Waals surface area contributed by atoms with Crippen LogP contribution in [-0.4, -0.2) is 34.3 Å². The van der Waals surface area contributed by atoms with Crippen molar-refractivity contribution in [2.45, 2.75) is 38.6 Å². The number of carboxylic acids is 1. The van der Waals surface area contributed by atoms with Crippen LogP contribution in [0.5, 0.6) is 0 Å². The minimum absolute atomic E-state index is 0.0147. The molecule has 7 heteroatoms. The Morgan fingerprint density at radius 1 is 1.32 bits per heavy atom. The third kappa shape index (κ3) is 4.21. The molecule has 0 aliphatic carbocycles. The lowest BCUT2D eigenvalue weighted by Crippen LogP contribution is -2.16. The summed E-state index contributed by atoms with van der Waals surface area (Å²) in [6, 6.07) is 11.6. The number of nitrogens with zero attached hydrogens (tertiary/aromatic N) is 3. The second kappa shape index (κ2) is 8.70. The molecule has 1 saturated heterocycles. The number of ether oxygens (including phenoxy) is 1. The molecular weight excluding hydrogens is 392 g/mol. The van der Waals surface area contributed by atoms with Crippen molar-refractivity contribution in [2.24, 2.45) is 0 Å². The topological polar surface area (TPSA) is 108 Å². The average molecular weight is 416 g/mol. The highest BCUT2D eigenvalue weighted by molar-refractivity contribution is 5.92. The van der Waals surface area contributed by atoms with Gasteiger partial charge in [0.15, 0.2) is 5.69 Å². The van der Waals surface area contributed by atoms with Crippen molar-refractivity contribution >= 4 is 22.6 Å². The number of carbonyl (C=O) groups is 1. The smallest absolute Gasteiger partial charge is 0.356 e. The SMILES string of the molecule is Cc1cc([C@@H](C)Nc2cccnc2C(=O)O)c2cc(C3CCOCC3)c(C#N)nc2c1. The van der Waals surface area contributed by atoms with E-state index in [1.165, 1.54) is 6.20 Å². The molecule has 4 rings (SSSR count). The van der Waals surface area contributed by atoms with Gasteiger partial charge in [0, 0.05) is 30.8 Å². The highest BCUT2D eigenvalue weighted by Gasteiger charge is 2.23. The second-order valence-corrected chi connectivity index (χ2v) is 7.92. The van der Waals surface area contributed by atoms with Gasteiger partial charge in [0.1, 0.15) is 11.8 Å². The summed E-state index contributed by atoms with van der Waals surface area (Å²) >= 11 is 0. The normalized spacial score (nSPS) is 15.4. The number of anilines is 1. The Morgan fingerprint density at radius 2 is 2.10 bits per heavy atom. The quantitative estimate of drug-likeness (QED) is 0.627. The fraction of sp³-hybridized carbons (Fsp3) is 0.333. The number of pyridine rings is 2. The number of nitrogens with one attached hydrogen (secondary N) is 1. The summed E-state index contributed by atoms with van der Waals surface area (Å²) in [7, 11) is 0. The average Bonchev–Trinajstić information content (AvgIpc) is 2.78.